The number of ether oxygens (including phenoxy) is 2. The Morgan fingerprint density at radius 1 is 1.25 bits per heavy atom. The highest BCUT2D eigenvalue weighted by atomic mass is 35.5. The third-order valence-electron chi connectivity index (χ3n) is 6.18. The summed E-state index contributed by atoms with van der Waals surface area (Å²) in [5, 5.41) is 9.24. The molecule has 1 aromatic carbocycles. The smallest absolute Gasteiger partial charge is 0.293 e. The van der Waals surface area contributed by atoms with Crippen LogP contribution in [0.2, 0.25) is 5.02 Å². The molecule has 0 bridgehead atoms. The van der Waals surface area contributed by atoms with Gasteiger partial charge in [0.2, 0.25) is 5.91 Å². The molecule has 3 N–H and O–H groups in total. The van der Waals surface area contributed by atoms with Crippen molar-refractivity contribution in [1.82, 2.24) is 25.1 Å². The zero-order chi connectivity index (χ0) is 28.9. The predicted molar refractivity (Wildman–Crippen MR) is 155 cm³/mol. The van der Waals surface area contributed by atoms with E-state index in [0.29, 0.717) is 41.8 Å². The van der Waals surface area contributed by atoms with E-state index in [4.69, 9.17) is 21.1 Å². The number of rotatable bonds is 12. The molecule has 11 nitrogen and oxygen atoms in total. The van der Waals surface area contributed by atoms with Gasteiger partial charge in [-0.2, -0.15) is 0 Å². The van der Waals surface area contributed by atoms with Gasteiger partial charge in [-0.3, -0.25) is 23.9 Å². The molecule has 12 heteroatoms. The number of nitrogens with zero attached hydrogens (tertiary/aromatic N) is 3. The molecule has 4 rings (SSSR count). The standard InChI is InChI=1S/C25H33ClN6O5.C3H6/c1-17-13-29-24(27-6-7-31-8-10-36-11-9-31)25(35)32(17)15-22(33)28-14-18-12-19(26)2-5-21(18)37-16-23(34)30-20-3-4-20;1-3-2/h2,5,12-13,20H,3-4,6-11,14-16H2,1H3,(H,27,29)(H,28,33)(H,30,34);3H,1H2,2H3. The zero-order valence-electron chi connectivity index (χ0n) is 23.2. The van der Waals surface area contributed by atoms with Crippen LogP contribution in [0.5, 0.6) is 5.75 Å². The number of benzene rings is 1. The minimum atomic E-state index is -0.356. The quantitative estimate of drug-likeness (QED) is 0.329. The molecular formula is C28H39ClN6O5. The van der Waals surface area contributed by atoms with Gasteiger partial charge in [0.25, 0.3) is 11.5 Å². The Hall–Kier alpha value is -3.41. The molecule has 2 fully saturated rings. The molecule has 0 atom stereocenters. The minimum absolute atomic E-state index is 0.119. The lowest BCUT2D eigenvalue weighted by Crippen LogP contribution is -2.40. The number of carbonyl (C=O) groups excluding carboxylic acids is 2. The van der Waals surface area contributed by atoms with Gasteiger partial charge in [-0.05, 0) is 44.9 Å². The monoisotopic (exact) mass is 574 g/mol. The van der Waals surface area contributed by atoms with Gasteiger partial charge in [-0.25, -0.2) is 4.98 Å². The van der Waals surface area contributed by atoms with Crippen LogP contribution < -0.4 is 26.2 Å². The summed E-state index contributed by atoms with van der Waals surface area (Å²) >= 11 is 6.14. The Morgan fingerprint density at radius 2 is 1.98 bits per heavy atom. The Labute approximate surface area is 239 Å². The van der Waals surface area contributed by atoms with E-state index in [0.717, 1.165) is 32.5 Å². The Kier molecular flexibility index (Phi) is 12.4. The number of nitrogens with one attached hydrogen (secondary N) is 3. The maximum Gasteiger partial charge on any atom is 0.293 e. The topological polar surface area (TPSA) is 127 Å². The van der Waals surface area contributed by atoms with E-state index in [2.05, 4.69) is 32.4 Å². The number of hydrogen-bond acceptors (Lipinski definition) is 8. The molecule has 1 saturated heterocycles. The highest BCUT2D eigenvalue weighted by Gasteiger charge is 2.23. The molecular weight excluding hydrogens is 536 g/mol. The summed E-state index contributed by atoms with van der Waals surface area (Å²) in [6.07, 6.45) is 5.31. The normalized spacial score (nSPS) is 14.9. The van der Waals surface area contributed by atoms with Crippen LogP contribution in [-0.4, -0.2) is 78.3 Å². The molecule has 2 heterocycles. The molecule has 0 unspecified atom stereocenters. The first-order valence-corrected chi connectivity index (χ1v) is 13.8. The first-order valence-electron chi connectivity index (χ1n) is 13.5. The van der Waals surface area contributed by atoms with Crippen LogP contribution >= 0.6 is 11.6 Å². The van der Waals surface area contributed by atoms with Crippen LogP contribution in [0.25, 0.3) is 0 Å². The van der Waals surface area contributed by atoms with Crippen molar-refractivity contribution in [3.05, 3.63) is 63.7 Å². The SMILES string of the molecule is C=CC.Cc1cnc(NCCN2CCOCC2)c(=O)n1CC(=O)NCc1cc(Cl)ccc1OCC(=O)NC1CC1. The first-order chi connectivity index (χ1) is 19.3. The van der Waals surface area contributed by atoms with Crippen LogP contribution in [-0.2, 0) is 27.4 Å². The van der Waals surface area contributed by atoms with Gasteiger partial charge in [0.15, 0.2) is 12.4 Å². The summed E-state index contributed by atoms with van der Waals surface area (Å²) in [4.78, 5) is 44.1. The lowest BCUT2D eigenvalue weighted by Gasteiger charge is -2.26. The zero-order valence-corrected chi connectivity index (χ0v) is 24.0. The third kappa shape index (κ3) is 10.3. The van der Waals surface area contributed by atoms with E-state index >= 15 is 0 Å². The van der Waals surface area contributed by atoms with Gasteiger partial charge in [0.05, 0.1) is 13.2 Å². The highest BCUT2D eigenvalue weighted by molar-refractivity contribution is 6.30. The molecule has 218 valence electrons. The van der Waals surface area contributed by atoms with Crippen molar-refractivity contribution < 1.29 is 19.1 Å². The van der Waals surface area contributed by atoms with Crippen molar-refractivity contribution >= 4 is 29.2 Å². The van der Waals surface area contributed by atoms with Crippen molar-refractivity contribution in [2.24, 2.45) is 0 Å². The minimum Gasteiger partial charge on any atom is -0.483 e. The van der Waals surface area contributed by atoms with Gasteiger partial charge in [0.1, 0.15) is 12.3 Å². The summed E-state index contributed by atoms with van der Waals surface area (Å²) in [5.74, 6) is 0.128. The summed E-state index contributed by atoms with van der Waals surface area (Å²) in [6, 6.07) is 5.26. The average molecular weight is 575 g/mol. The molecule has 2 aliphatic rings. The Bertz CT molecular complexity index is 1210. The van der Waals surface area contributed by atoms with Crippen molar-refractivity contribution in [3.63, 3.8) is 0 Å². The molecule has 1 aliphatic carbocycles. The number of carbonyl (C=O) groups is 2. The second kappa shape index (κ2) is 16.0. The van der Waals surface area contributed by atoms with Crippen LogP contribution in [0, 0.1) is 6.92 Å². The lowest BCUT2D eigenvalue weighted by molar-refractivity contribution is -0.123. The molecule has 1 aliphatic heterocycles. The number of amides is 2. The van der Waals surface area contributed by atoms with E-state index in [9.17, 15) is 14.4 Å². The first kappa shape index (κ1) is 31.1. The van der Waals surface area contributed by atoms with Gasteiger partial charge >= 0.3 is 0 Å². The molecule has 40 heavy (non-hydrogen) atoms. The fraction of sp³-hybridized carbons (Fsp3) is 0.500. The Morgan fingerprint density at radius 3 is 2.67 bits per heavy atom. The molecule has 1 saturated carbocycles. The number of morpholine rings is 1. The van der Waals surface area contributed by atoms with Crippen molar-refractivity contribution in [3.8, 4) is 5.75 Å². The number of halogens is 1. The van der Waals surface area contributed by atoms with Crippen molar-refractivity contribution in [2.45, 2.75) is 45.8 Å². The van der Waals surface area contributed by atoms with Crippen LogP contribution in [0.4, 0.5) is 5.82 Å². The van der Waals surface area contributed by atoms with Gasteiger partial charge in [-0.15, -0.1) is 6.58 Å². The summed E-state index contributed by atoms with van der Waals surface area (Å²) in [5.41, 5.74) is 0.849. The maximum atomic E-state index is 13.0. The average Bonchev–Trinajstić information content (AvgIpc) is 3.75. The molecule has 0 spiro atoms. The van der Waals surface area contributed by atoms with E-state index in [1.165, 1.54) is 4.57 Å². The van der Waals surface area contributed by atoms with Gasteiger partial charge in [0, 0.05) is 61.2 Å². The molecule has 1 aromatic heterocycles. The third-order valence-corrected chi connectivity index (χ3v) is 6.41. The van der Waals surface area contributed by atoms with E-state index in [1.54, 1.807) is 37.4 Å². The maximum absolute atomic E-state index is 13.0. The summed E-state index contributed by atoms with van der Waals surface area (Å²) in [7, 11) is 0. The molecule has 0 radical (unpaired) electrons. The van der Waals surface area contributed by atoms with E-state index in [-0.39, 0.29) is 48.9 Å². The van der Waals surface area contributed by atoms with Crippen molar-refractivity contribution in [2.75, 3.05) is 51.3 Å². The highest BCUT2D eigenvalue weighted by Crippen LogP contribution is 2.23. The largest absolute Gasteiger partial charge is 0.483 e. The van der Waals surface area contributed by atoms with Gasteiger partial charge < -0.3 is 25.4 Å². The fourth-order valence-electron chi connectivity index (χ4n) is 3.91. The van der Waals surface area contributed by atoms with Crippen molar-refractivity contribution in [1.29, 1.82) is 0 Å². The molecule has 2 amide bonds. The number of aromatic nitrogens is 2. The summed E-state index contributed by atoms with van der Waals surface area (Å²) < 4.78 is 12.4. The number of aryl methyl sites for hydroxylation is 1. The number of allylic oxidation sites excluding steroid dienone is 1. The predicted octanol–water partition coefficient (Wildman–Crippen LogP) is 2.12. The van der Waals surface area contributed by atoms with Crippen LogP contribution in [0.3, 0.4) is 0 Å². The lowest BCUT2D eigenvalue weighted by atomic mass is 10.2. The second-order valence-electron chi connectivity index (χ2n) is 9.59. The second-order valence-corrected chi connectivity index (χ2v) is 10.0. The van der Waals surface area contributed by atoms with Gasteiger partial charge in [-0.1, -0.05) is 17.7 Å². The van der Waals surface area contributed by atoms with Crippen LogP contribution in [0.15, 0.2) is 41.8 Å². The van der Waals surface area contributed by atoms with Crippen LogP contribution in [0.1, 0.15) is 31.0 Å². The molecule has 2 aromatic rings. The number of hydrogen-bond donors (Lipinski definition) is 3. The van der Waals surface area contributed by atoms with E-state index in [1.807, 2.05) is 6.92 Å². The Balaban J connectivity index is 0.00000141. The van der Waals surface area contributed by atoms with E-state index < -0.39 is 0 Å². The number of anilines is 1. The summed E-state index contributed by atoms with van der Waals surface area (Å²) in [6.45, 7) is 11.3. The fourth-order valence-corrected chi connectivity index (χ4v) is 4.10.